The molecule has 3 N–H and O–H groups in total. The van der Waals surface area contributed by atoms with E-state index in [1.165, 1.54) is 19.3 Å². The Labute approximate surface area is 124 Å². The molecule has 0 heterocycles. The van der Waals surface area contributed by atoms with Gasteiger partial charge in [-0.3, -0.25) is 9.59 Å². The quantitative estimate of drug-likeness (QED) is 0.636. The minimum absolute atomic E-state index is 0.182. The lowest BCUT2D eigenvalue weighted by atomic mass is 9.79. The van der Waals surface area contributed by atoms with Crippen LogP contribution in [-0.2, 0) is 14.4 Å². The second kappa shape index (κ2) is 8.64. The summed E-state index contributed by atoms with van der Waals surface area (Å²) in [4.78, 5) is 33.6. The Hall–Kier alpha value is -1.59. The van der Waals surface area contributed by atoms with Crippen LogP contribution < -0.4 is 5.32 Å². The fraction of sp³-hybridized carbons (Fsp3) is 0.800. The molecular weight excluding hydrogens is 274 g/mol. The van der Waals surface area contributed by atoms with Crippen LogP contribution in [0.5, 0.6) is 0 Å². The Morgan fingerprint density at radius 3 is 2.24 bits per heavy atom. The number of nitrogens with one attached hydrogen (secondary N) is 1. The van der Waals surface area contributed by atoms with Crippen molar-refractivity contribution in [2.45, 2.75) is 64.3 Å². The maximum absolute atomic E-state index is 12.0. The molecule has 0 spiro atoms. The maximum Gasteiger partial charge on any atom is 0.326 e. The standard InChI is InChI=1S/C15H25NO5/c1-2-3-4-10-5-7-11(8-6-10)14(19)16-12(15(20)21)9-13(17)18/h10-12H,2-9H2,1H3,(H,16,19)(H,17,18)(H,20,21)/t10?,11?,12-/m1/s1. The van der Waals surface area contributed by atoms with Gasteiger partial charge in [0.2, 0.25) is 5.91 Å². The molecule has 0 radical (unpaired) electrons. The van der Waals surface area contributed by atoms with Gasteiger partial charge < -0.3 is 15.5 Å². The van der Waals surface area contributed by atoms with E-state index < -0.39 is 24.4 Å². The van der Waals surface area contributed by atoms with Crippen molar-refractivity contribution in [1.29, 1.82) is 0 Å². The highest BCUT2D eigenvalue weighted by atomic mass is 16.4. The van der Waals surface area contributed by atoms with Gasteiger partial charge in [-0.15, -0.1) is 0 Å². The number of unbranched alkanes of at least 4 members (excludes halogenated alkanes) is 1. The number of rotatable bonds is 8. The summed E-state index contributed by atoms with van der Waals surface area (Å²) in [5.41, 5.74) is 0. The van der Waals surface area contributed by atoms with E-state index in [0.29, 0.717) is 5.92 Å². The molecule has 0 aliphatic heterocycles. The van der Waals surface area contributed by atoms with Crippen LogP contribution in [-0.4, -0.2) is 34.1 Å². The summed E-state index contributed by atoms with van der Waals surface area (Å²) in [5.74, 6) is -2.37. The summed E-state index contributed by atoms with van der Waals surface area (Å²) in [6, 6.07) is -1.34. The molecule has 1 aliphatic rings. The third kappa shape index (κ3) is 6.14. The molecular formula is C15H25NO5. The summed E-state index contributed by atoms with van der Waals surface area (Å²) in [6.07, 6.45) is 6.51. The minimum atomic E-state index is -1.34. The number of hydrogen-bond acceptors (Lipinski definition) is 3. The Morgan fingerprint density at radius 2 is 1.76 bits per heavy atom. The van der Waals surface area contributed by atoms with Crippen LogP contribution in [0.2, 0.25) is 0 Å². The van der Waals surface area contributed by atoms with Crippen LogP contribution in [0.4, 0.5) is 0 Å². The lowest BCUT2D eigenvalue weighted by Gasteiger charge is -2.28. The van der Waals surface area contributed by atoms with Crippen LogP contribution in [0.25, 0.3) is 0 Å². The maximum atomic E-state index is 12.0. The number of amides is 1. The van der Waals surface area contributed by atoms with E-state index in [2.05, 4.69) is 12.2 Å². The fourth-order valence-corrected chi connectivity index (χ4v) is 2.87. The molecule has 1 aliphatic carbocycles. The molecule has 6 heteroatoms. The lowest BCUT2D eigenvalue weighted by molar-refractivity contribution is -0.147. The van der Waals surface area contributed by atoms with Crippen LogP contribution in [0, 0.1) is 11.8 Å². The molecule has 0 aromatic rings. The van der Waals surface area contributed by atoms with E-state index in [0.717, 1.165) is 25.7 Å². The number of carboxylic acids is 2. The number of carbonyl (C=O) groups is 3. The third-order valence-corrected chi connectivity index (χ3v) is 4.18. The zero-order chi connectivity index (χ0) is 15.8. The summed E-state index contributed by atoms with van der Waals surface area (Å²) in [5, 5.41) is 19.9. The molecule has 1 fully saturated rings. The van der Waals surface area contributed by atoms with Crippen molar-refractivity contribution in [2.75, 3.05) is 0 Å². The molecule has 6 nitrogen and oxygen atoms in total. The van der Waals surface area contributed by atoms with Crippen molar-refractivity contribution in [3.05, 3.63) is 0 Å². The van der Waals surface area contributed by atoms with E-state index >= 15 is 0 Å². The molecule has 0 saturated heterocycles. The fourth-order valence-electron chi connectivity index (χ4n) is 2.87. The Kier molecular flexibility index (Phi) is 7.19. The average Bonchev–Trinajstić information content (AvgIpc) is 2.44. The Morgan fingerprint density at radius 1 is 1.14 bits per heavy atom. The summed E-state index contributed by atoms with van der Waals surface area (Å²) < 4.78 is 0. The smallest absolute Gasteiger partial charge is 0.326 e. The SMILES string of the molecule is CCCCC1CCC(C(=O)N[C@H](CC(=O)O)C(=O)O)CC1. The highest BCUT2D eigenvalue weighted by Gasteiger charge is 2.30. The van der Waals surface area contributed by atoms with Crippen LogP contribution >= 0.6 is 0 Å². The molecule has 0 aromatic heterocycles. The summed E-state index contributed by atoms with van der Waals surface area (Å²) >= 11 is 0. The zero-order valence-corrected chi connectivity index (χ0v) is 12.5. The minimum Gasteiger partial charge on any atom is -0.481 e. The predicted octanol–water partition coefficient (Wildman–Crippen LogP) is 2.03. The molecule has 1 amide bonds. The molecule has 0 aromatic carbocycles. The molecule has 1 rings (SSSR count). The van der Waals surface area contributed by atoms with Gasteiger partial charge in [0.1, 0.15) is 6.04 Å². The van der Waals surface area contributed by atoms with E-state index in [-0.39, 0.29) is 11.8 Å². The second-order valence-electron chi connectivity index (χ2n) is 5.86. The molecule has 120 valence electrons. The van der Waals surface area contributed by atoms with Crippen LogP contribution in [0.3, 0.4) is 0 Å². The highest BCUT2D eigenvalue weighted by Crippen LogP contribution is 2.32. The number of hydrogen-bond donors (Lipinski definition) is 3. The van der Waals surface area contributed by atoms with Gasteiger partial charge in [0.05, 0.1) is 6.42 Å². The number of carboxylic acid groups (broad SMARTS) is 2. The predicted molar refractivity (Wildman–Crippen MR) is 76.8 cm³/mol. The molecule has 0 unspecified atom stereocenters. The monoisotopic (exact) mass is 299 g/mol. The van der Waals surface area contributed by atoms with E-state index in [1.54, 1.807) is 0 Å². The zero-order valence-electron chi connectivity index (χ0n) is 12.5. The first-order valence-corrected chi connectivity index (χ1v) is 7.69. The molecule has 1 atom stereocenters. The molecule has 0 bridgehead atoms. The second-order valence-corrected chi connectivity index (χ2v) is 5.86. The van der Waals surface area contributed by atoms with Crippen molar-refractivity contribution < 1.29 is 24.6 Å². The van der Waals surface area contributed by atoms with Gasteiger partial charge in [0.25, 0.3) is 0 Å². The van der Waals surface area contributed by atoms with Gasteiger partial charge in [-0.05, 0) is 31.6 Å². The summed E-state index contributed by atoms with van der Waals surface area (Å²) in [6.45, 7) is 2.16. The normalized spacial score (nSPS) is 23.3. The first-order chi connectivity index (χ1) is 9.93. The van der Waals surface area contributed by atoms with Gasteiger partial charge >= 0.3 is 11.9 Å². The lowest BCUT2D eigenvalue weighted by Crippen LogP contribution is -2.45. The van der Waals surface area contributed by atoms with Crippen LogP contribution in [0.15, 0.2) is 0 Å². The van der Waals surface area contributed by atoms with Crippen molar-refractivity contribution in [3.8, 4) is 0 Å². The number of aliphatic carboxylic acids is 2. The largest absolute Gasteiger partial charge is 0.481 e. The average molecular weight is 299 g/mol. The van der Waals surface area contributed by atoms with E-state index in [9.17, 15) is 14.4 Å². The highest BCUT2D eigenvalue weighted by molar-refractivity contribution is 5.87. The van der Waals surface area contributed by atoms with Gasteiger partial charge in [-0.25, -0.2) is 4.79 Å². The van der Waals surface area contributed by atoms with Crippen molar-refractivity contribution in [1.82, 2.24) is 5.32 Å². The van der Waals surface area contributed by atoms with Crippen molar-refractivity contribution in [3.63, 3.8) is 0 Å². The van der Waals surface area contributed by atoms with E-state index in [4.69, 9.17) is 10.2 Å². The third-order valence-electron chi connectivity index (χ3n) is 4.18. The van der Waals surface area contributed by atoms with Crippen LogP contribution in [0.1, 0.15) is 58.3 Å². The first kappa shape index (κ1) is 17.5. The Bertz CT molecular complexity index is 374. The first-order valence-electron chi connectivity index (χ1n) is 7.69. The molecule has 21 heavy (non-hydrogen) atoms. The topological polar surface area (TPSA) is 104 Å². The van der Waals surface area contributed by atoms with Gasteiger partial charge in [0, 0.05) is 5.92 Å². The van der Waals surface area contributed by atoms with Crippen molar-refractivity contribution >= 4 is 17.8 Å². The van der Waals surface area contributed by atoms with Gasteiger partial charge in [-0.1, -0.05) is 26.2 Å². The molecule has 1 saturated carbocycles. The summed E-state index contributed by atoms with van der Waals surface area (Å²) in [7, 11) is 0. The van der Waals surface area contributed by atoms with Gasteiger partial charge in [-0.2, -0.15) is 0 Å². The van der Waals surface area contributed by atoms with Crippen molar-refractivity contribution in [2.24, 2.45) is 11.8 Å². The Balaban J connectivity index is 2.42. The van der Waals surface area contributed by atoms with Gasteiger partial charge in [0.15, 0.2) is 0 Å². The van der Waals surface area contributed by atoms with E-state index in [1.807, 2.05) is 0 Å². The number of carbonyl (C=O) groups excluding carboxylic acids is 1.